The number of nitrogens with zero attached hydrogens (tertiary/aromatic N) is 2. The van der Waals surface area contributed by atoms with Gasteiger partial charge in [0.1, 0.15) is 0 Å². The van der Waals surface area contributed by atoms with Gasteiger partial charge in [0, 0.05) is 42.9 Å². The van der Waals surface area contributed by atoms with Crippen LogP contribution in [0.2, 0.25) is 0 Å². The summed E-state index contributed by atoms with van der Waals surface area (Å²) in [5.41, 5.74) is 10.9. The second-order valence-electron chi connectivity index (χ2n) is 12.9. The number of rotatable bonds is 5. The molecule has 0 bridgehead atoms. The summed E-state index contributed by atoms with van der Waals surface area (Å²) in [5.74, 6) is 0. The first kappa shape index (κ1) is 28.8. The van der Waals surface area contributed by atoms with Crippen LogP contribution in [0.15, 0.2) is 158 Å². The van der Waals surface area contributed by atoms with Crippen LogP contribution in [-0.4, -0.2) is 9.13 Å². The van der Waals surface area contributed by atoms with Crippen LogP contribution in [-0.2, 0) is 0 Å². The van der Waals surface area contributed by atoms with E-state index in [1.165, 1.54) is 91.7 Å². The summed E-state index contributed by atoms with van der Waals surface area (Å²) in [6, 6.07) is 53.4. The standard InChI is InChI=1S/C47H32N2S/c1-3-13-45-34(4-2)38-25-24-37-40-29-32(22-26-43(40)48(46(37)47(38)50-45)33-16-6-5-7-17-33)31-23-27-44-39(28-31)36-19-10-11-20-42(36)49(44)41-21-12-15-30-14-8-9-18-35(30)41/h3-29H,2H2,1H3/b13-3-. The second-order valence-corrected chi connectivity index (χ2v) is 14.0. The molecule has 3 aromatic heterocycles. The van der Waals surface area contributed by atoms with E-state index in [4.69, 9.17) is 0 Å². The highest BCUT2D eigenvalue weighted by Gasteiger charge is 2.20. The lowest BCUT2D eigenvalue weighted by molar-refractivity contribution is 1.19. The van der Waals surface area contributed by atoms with Crippen LogP contribution in [0.5, 0.6) is 0 Å². The first-order chi connectivity index (χ1) is 24.7. The van der Waals surface area contributed by atoms with Crippen LogP contribution in [0.1, 0.15) is 17.4 Å². The second kappa shape index (κ2) is 11.2. The number of thiophene rings is 1. The van der Waals surface area contributed by atoms with Crippen molar-refractivity contribution in [3.8, 4) is 22.5 Å². The van der Waals surface area contributed by atoms with Crippen LogP contribution in [0, 0.1) is 0 Å². The average molecular weight is 657 g/mol. The molecule has 10 rings (SSSR count). The Bertz CT molecular complexity index is 3000. The normalized spacial score (nSPS) is 12.1. The lowest BCUT2D eigenvalue weighted by atomic mass is 10.00. The molecule has 7 aromatic carbocycles. The quantitative estimate of drug-likeness (QED) is 0.174. The maximum atomic E-state index is 4.18. The third kappa shape index (κ3) is 4.14. The fourth-order valence-electron chi connectivity index (χ4n) is 8.02. The van der Waals surface area contributed by atoms with Gasteiger partial charge in [-0.3, -0.25) is 0 Å². The van der Waals surface area contributed by atoms with Crippen molar-refractivity contribution in [2.45, 2.75) is 6.92 Å². The number of aromatic nitrogens is 2. The van der Waals surface area contributed by atoms with Crippen LogP contribution >= 0.6 is 11.3 Å². The topological polar surface area (TPSA) is 9.86 Å². The van der Waals surface area contributed by atoms with Crippen molar-refractivity contribution in [3.63, 3.8) is 0 Å². The summed E-state index contributed by atoms with van der Waals surface area (Å²) in [7, 11) is 0. The summed E-state index contributed by atoms with van der Waals surface area (Å²) >= 11 is 1.85. The third-order valence-electron chi connectivity index (χ3n) is 10.2. The molecular formula is C47H32N2S. The fraction of sp³-hybridized carbons (Fsp3) is 0.0213. The van der Waals surface area contributed by atoms with Gasteiger partial charge in [0.05, 0.1) is 32.5 Å². The molecule has 10 aromatic rings. The van der Waals surface area contributed by atoms with Gasteiger partial charge < -0.3 is 9.13 Å². The summed E-state index contributed by atoms with van der Waals surface area (Å²) in [5, 5.41) is 8.77. The number of fused-ring (bicyclic) bond motifs is 9. The van der Waals surface area contributed by atoms with Crippen LogP contribution in [0.25, 0.3) is 99.1 Å². The minimum Gasteiger partial charge on any atom is -0.309 e. The molecule has 0 aliphatic carbocycles. The zero-order valence-corrected chi connectivity index (χ0v) is 28.4. The molecule has 0 aliphatic rings. The molecule has 0 amide bonds. The van der Waals surface area contributed by atoms with Crippen LogP contribution < -0.4 is 0 Å². The summed E-state index contributed by atoms with van der Waals surface area (Å²) in [6.07, 6.45) is 6.32. The van der Waals surface area contributed by atoms with Crippen molar-refractivity contribution in [3.05, 3.63) is 169 Å². The van der Waals surface area contributed by atoms with Gasteiger partial charge in [-0.05, 0) is 83.6 Å². The van der Waals surface area contributed by atoms with Crippen molar-refractivity contribution in [2.24, 2.45) is 0 Å². The van der Waals surface area contributed by atoms with E-state index in [9.17, 15) is 0 Å². The Hall–Kier alpha value is -6.16. The monoisotopic (exact) mass is 656 g/mol. The van der Waals surface area contributed by atoms with E-state index in [1.807, 2.05) is 17.4 Å². The Morgan fingerprint density at radius 3 is 1.96 bits per heavy atom. The zero-order valence-electron chi connectivity index (χ0n) is 27.6. The number of para-hydroxylation sites is 2. The molecule has 0 fully saturated rings. The van der Waals surface area contributed by atoms with Crippen molar-refractivity contribution in [1.29, 1.82) is 0 Å². The van der Waals surface area contributed by atoms with Crippen molar-refractivity contribution in [2.75, 3.05) is 0 Å². The Balaban J connectivity index is 1.22. The largest absolute Gasteiger partial charge is 0.309 e. The van der Waals surface area contributed by atoms with Gasteiger partial charge in [0.2, 0.25) is 0 Å². The lowest BCUT2D eigenvalue weighted by Gasteiger charge is -2.12. The molecule has 3 heterocycles. The van der Waals surface area contributed by atoms with Crippen LogP contribution in [0.4, 0.5) is 0 Å². The molecule has 0 N–H and O–H groups in total. The van der Waals surface area contributed by atoms with Gasteiger partial charge in [0.25, 0.3) is 0 Å². The molecule has 3 heteroatoms. The molecule has 2 nitrogen and oxygen atoms in total. The summed E-state index contributed by atoms with van der Waals surface area (Å²) < 4.78 is 6.16. The smallest absolute Gasteiger partial charge is 0.0719 e. The molecule has 0 spiro atoms. The van der Waals surface area contributed by atoms with E-state index in [1.54, 1.807) is 0 Å². The Morgan fingerprint density at radius 1 is 0.540 bits per heavy atom. The van der Waals surface area contributed by atoms with Gasteiger partial charge in [-0.25, -0.2) is 0 Å². The molecule has 236 valence electrons. The van der Waals surface area contributed by atoms with E-state index in [0.29, 0.717) is 0 Å². The fourth-order valence-corrected chi connectivity index (χ4v) is 9.33. The minimum absolute atomic E-state index is 1.16. The molecule has 0 saturated heterocycles. The minimum atomic E-state index is 1.16. The molecule has 0 atom stereocenters. The summed E-state index contributed by atoms with van der Waals surface area (Å²) in [6.45, 7) is 6.26. The van der Waals surface area contributed by atoms with Gasteiger partial charge in [0.15, 0.2) is 0 Å². The highest BCUT2D eigenvalue weighted by atomic mass is 32.1. The van der Waals surface area contributed by atoms with Gasteiger partial charge >= 0.3 is 0 Å². The number of allylic oxidation sites excluding steroid dienone is 1. The van der Waals surface area contributed by atoms with E-state index < -0.39 is 0 Å². The van der Waals surface area contributed by atoms with Gasteiger partial charge in [-0.15, -0.1) is 11.3 Å². The van der Waals surface area contributed by atoms with Crippen molar-refractivity contribution in [1.82, 2.24) is 9.13 Å². The lowest BCUT2D eigenvalue weighted by Crippen LogP contribution is -1.95. The predicted molar refractivity (Wildman–Crippen MR) is 218 cm³/mol. The van der Waals surface area contributed by atoms with Crippen molar-refractivity contribution < 1.29 is 0 Å². The first-order valence-electron chi connectivity index (χ1n) is 17.1. The Labute approximate surface area is 294 Å². The predicted octanol–water partition coefficient (Wildman–Crippen LogP) is 13.6. The molecule has 0 aliphatic heterocycles. The molecule has 50 heavy (non-hydrogen) atoms. The Morgan fingerprint density at radius 2 is 1.18 bits per heavy atom. The molecular weight excluding hydrogens is 625 g/mol. The van der Waals surface area contributed by atoms with E-state index in [2.05, 4.69) is 180 Å². The van der Waals surface area contributed by atoms with Gasteiger partial charge in [-0.1, -0.05) is 116 Å². The highest BCUT2D eigenvalue weighted by molar-refractivity contribution is 7.21. The van der Waals surface area contributed by atoms with E-state index in [-0.39, 0.29) is 0 Å². The number of hydrogen-bond acceptors (Lipinski definition) is 1. The average Bonchev–Trinajstić information content (AvgIpc) is 3.81. The zero-order chi connectivity index (χ0) is 33.3. The molecule has 0 radical (unpaired) electrons. The van der Waals surface area contributed by atoms with Crippen LogP contribution in [0.3, 0.4) is 0 Å². The van der Waals surface area contributed by atoms with E-state index >= 15 is 0 Å². The molecule has 0 saturated carbocycles. The van der Waals surface area contributed by atoms with E-state index in [0.717, 1.165) is 5.69 Å². The van der Waals surface area contributed by atoms with Crippen molar-refractivity contribution >= 4 is 88.0 Å². The number of hydrogen-bond donors (Lipinski definition) is 0. The highest BCUT2D eigenvalue weighted by Crippen LogP contribution is 2.44. The summed E-state index contributed by atoms with van der Waals surface area (Å²) in [4.78, 5) is 1.24. The Kier molecular flexibility index (Phi) is 6.45. The van der Waals surface area contributed by atoms with Gasteiger partial charge in [-0.2, -0.15) is 0 Å². The maximum Gasteiger partial charge on any atom is 0.0719 e. The SMILES string of the molecule is C=Cc1c(/C=C\C)sc2c1ccc1c3cc(-c4ccc5c(c4)c4ccccc4n5-c4cccc5ccccc45)ccc3n(-c3ccccc3)c12. The number of benzene rings is 7. The maximum absolute atomic E-state index is 4.18. The molecule has 0 unspecified atom stereocenters. The third-order valence-corrected chi connectivity index (χ3v) is 11.4. The first-order valence-corrected chi connectivity index (χ1v) is 17.9.